The third kappa shape index (κ3) is 44.1. The molecular weight excluding hydrogens is 633 g/mol. The van der Waals surface area contributed by atoms with Crippen molar-refractivity contribution in [2.24, 2.45) is 0 Å². The van der Waals surface area contributed by atoms with E-state index in [1.165, 1.54) is 109 Å². The predicted molar refractivity (Wildman–Crippen MR) is 235 cm³/mol. The molecule has 0 fully saturated rings. The van der Waals surface area contributed by atoms with Crippen LogP contribution in [-0.4, -0.2) is 40.6 Å². The Kier molecular flexibility index (Phi) is 64.8. The number of aromatic nitrogens is 3. The van der Waals surface area contributed by atoms with Crippen molar-refractivity contribution in [1.82, 2.24) is 20.3 Å². The van der Waals surface area contributed by atoms with Crippen molar-refractivity contribution in [3.8, 4) is 0 Å². The molecule has 0 aromatic carbocycles. The standard InChI is InChI=1S/C16H32O.C15H19N3.C5H13NS.4C2H6/c1-2-3-4-5-6-7-8-9-10-11-12-13-14-15-16-17;1-3-5-7-9-15-17-13-10-12(8-6-4-2)16-11-14(13)18-15;1-6-4-2-3-5-7;4*1-2/h16H,2-15H2,1H3;4,6,8,10-11H,2-3,5,7,9H2,1H3,(H,17,18);6-7H,2-5H2,1H3;4*1-2H3/b;8-6-;;;;;. The number of pyridine rings is 1. The summed E-state index contributed by atoms with van der Waals surface area (Å²) in [5, 5.41) is 3.07. The minimum absolute atomic E-state index is 0.762. The summed E-state index contributed by atoms with van der Waals surface area (Å²) in [6.07, 6.45) is 34.2. The number of nitrogens with one attached hydrogen (secondary N) is 2. The zero-order valence-corrected chi connectivity index (χ0v) is 36.4. The molecule has 0 aliphatic rings. The molecule has 0 radical (unpaired) electrons. The highest BCUT2D eigenvalue weighted by molar-refractivity contribution is 7.80. The lowest BCUT2D eigenvalue weighted by Crippen LogP contribution is -2.06. The topological polar surface area (TPSA) is 70.7 Å². The molecule has 0 unspecified atom stereocenters. The molecule has 0 saturated carbocycles. The van der Waals surface area contributed by atoms with Gasteiger partial charge in [-0.3, -0.25) is 4.98 Å². The van der Waals surface area contributed by atoms with E-state index in [1.807, 2.05) is 86.9 Å². The number of fused-ring (bicyclic) bond motifs is 1. The first-order valence-electron chi connectivity index (χ1n) is 21.0. The van der Waals surface area contributed by atoms with Gasteiger partial charge in [-0.2, -0.15) is 12.6 Å². The normalized spacial score (nSPS) is 9.52. The summed E-state index contributed by atoms with van der Waals surface area (Å²) in [6.45, 7) is 25.3. The molecule has 2 aromatic rings. The van der Waals surface area contributed by atoms with Gasteiger partial charge in [-0.15, -0.1) is 0 Å². The number of thiol groups is 1. The van der Waals surface area contributed by atoms with Crippen LogP contribution in [0.5, 0.6) is 0 Å². The number of aryl methyl sites for hydroxylation is 1. The van der Waals surface area contributed by atoms with Crippen LogP contribution >= 0.6 is 12.6 Å². The van der Waals surface area contributed by atoms with Crippen molar-refractivity contribution in [2.45, 2.75) is 198 Å². The second-order valence-corrected chi connectivity index (χ2v) is 11.5. The van der Waals surface area contributed by atoms with Crippen molar-refractivity contribution in [1.29, 1.82) is 0 Å². The summed E-state index contributed by atoms with van der Waals surface area (Å²) in [4.78, 5) is 22.4. The van der Waals surface area contributed by atoms with Gasteiger partial charge in [-0.05, 0) is 57.2 Å². The van der Waals surface area contributed by atoms with E-state index in [-0.39, 0.29) is 0 Å². The van der Waals surface area contributed by atoms with Crippen molar-refractivity contribution in [2.75, 3.05) is 19.3 Å². The molecule has 0 aliphatic heterocycles. The molecule has 0 spiro atoms. The number of imidazole rings is 1. The first-order chi connectivity index (χ1) is 24.7. The van der Waals surface area contributed by atoms with Crippen LogP contribution in [0.25, 0.3) is 17.1 Å². The van der Waals surface area contributed by atoms with Gasteiger partial charge in [-0.1, -0.05) is 178 Å². The molecule has 2 rings (SSSR count). The van der Waals surface area contributed by atoms with Crippen LogP contribution in [0.4, 0.5) is 0 Å². The molecule has 2 N–H and O–H groups in total. The molecule has 0 amide bonds. The van der Waals surface area contributed by atoms with Gasteiger partial charge in [-0.25, -0.2) is 4.98 Å². The Morgan fingerprint density at radius 1 is 0.740 bits per heavy atom. The van der Waals surface area contributed by atoms with E-state index in [0.29, 0.717) is 0 Å². The maximum Gasteiger partial charge on any atom is 0.119 e. The van der Waals surface area contributed by atoms with Crippen LogP contribution in [-0.2, 0) is 11.2 Å². The lowest BCUT2D eigenvalue weighted by molar-refractivity contribution is -0.107. The fraction of sp³-hybridized carbons (Fsp3) is 0.750. The summed E-state index contributed by atoms with van der Waals surface area (Å²) < 4.78 is 0. The minimum atomic E-state index is 0.762. The highest BCUT2D eigenvalue weighted by atomic mass is 32.1. The second kappa shape index (κ2) is 56.5. The van der Waals surface area contributed by atoms with Crippen molar-refractivity contribution >= 4 is 36.0 Å². The SMILES string of the molecule is C=C/C=C\c1cc2nc(CCCCC)[nH]c2cn1.CC.CC.CC.CC.CCCCCCCCCCCCCCCC=O.CNCCCCS. The van der Waals surface area contributed by atoms with E-state index in [9.17, 15) is 4.79 Å². The molecule has 6 heteroatoms. The Morgan fingerprint density at radius 2 is 1.24 bits per heavy atom. The van der Waals surface area contributed by atoms with E-state index in [2.05, 4.69) is 53.3 Å². The number of hydrogen-bond acceptors (Lipinski definition) is 5. The number of carbonyl (C=O) groups is 1. The molecule has 50 heavy (non-hydrogen) atoms. The zero-order valence-electron chi connectivity index (χ0n) is 35.5. The number of unbranched alkanes of at least 4 members (excludes halogenated alkanes) is 16. The number of hydrogen-bond donors (Lipinski definition) is 3. The van der Waals surface area contributed by atoms with Crippen molar-refractivity contribution < 1.29 is 4.79 Å². The minimum Gasteiger partial charge on any atom is -0.341 e. The van der Waals surface area contributed by atoms with Crippen LogP contribution in [0, 0.1) is 0 Å². The predicted octanol–water partition coefficient (Wildman–Crippen LogP) is 14.6. The van der Waals surface area contributed by atoms with Gasteiger partial charge in [0.05, 0.1) is 22.9 Å². The molecule has 0 aliphatic carbocycles. The average Bonchev–Trinajstić information content (AvgIpc) is 3.59. The maximum atomic E-state index is 10.1. The molecule has 5 nitrogen and oxygen atoms in total. The summed E-state index contributed by atoms with van der Waals surface area (Å²) in [7, 11) is 1.97. The first kappa shape index (κ1) is 57.4. The molecule has 2 heterocycles. The van der Waals surface area contributed by atoms with E-state index in [4.69, 9.17) is 0 Å². The molecule has 296 valence electrons. The lowest BCUT2D eigenvalue weighted by Gasteiger charge is -2.02. The molecular formula is C44H88N4OS. The third-order valence-electron chi connectivity index (χ3n) is 7.12. The van der Waals surface area contributed by atoms with Crippen LogP contribution in [0.2, 0.25) is 0 Å². The fourth-order valence-corrected chi connectivity index (χ4v) is 4.78. The summed E-state index contributed by atoms with van der Waals surface area (Å²) >= 11 is 4.07. The van der Waals surface area contributed by atoms with Crippen molar-refractivity contribution in [3.63, 3.8) is 0 Å². The highest BCUT2D eigenvalue weighted by Crippen LogP contribution is 2.15. The van der Waals surface area contributed by atoms with Gasteiger partial charge >= 0.3 is 0 Å². The van der Waals surface area contributed by atoms with Crippen molar-refractivity contribution in [3.05, 3.63) is 42.5 Å². The van der Waals surface area contributed by atoms with E-state index < -0.39 is 0 Å². The van der Waals surface area contributed by atoms with Gasteiger partial charge in [0.1, 0.15) is 12.1 Å². The van der Waals surface area contributed by atoms with Gasteiger partial charge < -0.3 is 15.1 Å². The lowest BCUT2D eigenvalue weighted by atomic mass is 10.0. The van der Waals surface area contributed by atoms with E-state index in [1.54, 1.807) is 6.08 Å². The van der Waals surface area contributed by atoms with Gasteiger partial charge in [0.25, 0.3) is 0 Å². The van der Waals surface area contributed by atoms with E-state index in [0.717, 1.165) is 60.4 Å². The zero-order chi connectivity index (χ0) is 38.9. The number of nitrogens with zero attached hydrogens (tertiary/aromatic N) is 2. The van der Waals surface area contributed by atoms with Gasteiger partial charge in [0.2, 0.25) is 0 Å². The second-order valence-electron chi connectivity index (χ2n) is 11.1. The maximum absolute atomic E-state index is 10.1. The summed E-state index contributed by atoms with van der Waals surface area (Å²) in [5.74, 6) is 2.08. The highest BCUT2D eigenvalue weighted by Gasteiger charge is 2.03. The molecule has 2 aromatic heterocycles. The van der Waals surface area contributed by atoms with Gasteiger partial charge in [0, 0.05) is 12.8 Å². The molecule has 0 atom stereocenters. The number of H-pyrrole nitrogens is 1. The summed E-state index contributed by atoms with van der Waals surface area (Å²) in [6, 6.07) is 2.00. The quantitative estimate of drug-likeness (QED) is 0.0437. The molecule has 0 saturated heterocycles. The number of carbonyl (C=O) groups excluding carboxylic acids is 1. The van der Waals surface area contributed by atoms with Crippen LogP contribution in [0.15, 0.2) is 31.0 Å². The van der Waals surface area contributed by atoms with Crippen LogP contribution in [0.3, 0.4) is 0 Å². The Bertz CT molecular complexity index is 893. The smallest absolute Gasteiger partial charge is 0.119 e. The number of allylic oxidation sites excluding steroid dienone is 2. The van der Waals surface area contributed by atoms with Crippen LogP contribution in [0.1, 0.15) is 203 Å². The third-order valence-corrected chi connectivity index (χ3v) is 7.43. The number of aldehydes is 1. The summed E-state index contributed by atoms with van der Waals surface area (Å²) in [5.41, 5.74) is 2.91. The average molecular weight is 721 g/mol. The largest absolute Gasteiger partial charge is 0.341 e. The Morgan fingerprint density at radius 3 is 1.70 bits per heavy atom. The fourth-order valence-electron chi connectivity index (χ4n) is 4.56. The van der Waals surface area contributed by atoms with Crippen LogP contribution < -0.4 is 5.32 Å². The molecule has 0 bridgehead atoms. The Hall–Kier alpha value is -1.92. The number of rotatable bonds is 24. The van der Waals surface area contributed by atoms with E-state index >= 15 is 0 Å². The number of aromatic amines is 1. The first-order valence-corrected chi connectivity index (χ1v) is 21.6. The monoisotopic (exact) mass is 721 g/mol. The Balaban J connectivity index is -0.000000195. The Labute approximate surface area is 319 Å². The van der Waals surface area contributed by atoms with Gasteiger partial charge in [0.15, 0.2) is 0 Å².